The molecule has 5 nitrogen and oxygen atoms in total. The molecule has 2 aromatic rings. The molecule has 1 amide bonds. The number of amides is 1. The first-order valence-corrected chi connectivity index (χ1v) is 8.40. The van der Waals surface area contributed by atoms with Gasteiger partial charge in [-0.1, -0.05) is 12.1 Å². The Kier molecular flexibility index (Phi) is 4.11. The molecule has 0 aliphatic carbocycles. The summed E-state index contributed by atoms with van der Waals surface area (Å²) in [5.74, 6) is 1.71. The summed E-state index contributed by atoms with van der Waals surface area (Å²) in [4.78, 5) is 12.2. The standard InChI is InChI=1S/C19H25N3O2/c1-12(2)24-14-8-6-13(7-9-14)15-10-17(23)21-18-16(15)11-20-22(18)19(3,4)5/h6-9,11-12,15H,10H2,1-5H3,(H,21,23)/t15-/m1/s1. The highest BCUT2D eigenvalue weighted by Crippen LogP contribution is 2.39. The smallest absolute Gasteiger partial charge is 0.226 e. The van der Waals surface area contributed by atoms with Crippen LogP contribution in [0.25, 0.3) is 0 Å². The third-order valence-corrected chi connectivity index (χ3v) is 4.11. The van der Waals surface area contributed by atoms with Gasteiger partial charge in [-0.2, -0.15) is 5.10 Å². The van der Waals surface area contributed by atoms with Crippen LogP contribution in [0, 0.1) is 0 Å². The molecule has 0 spiro atoms. The fourth-order valence-corrected chi connectivity index (χ4v) is 3.08. The van der Waals surface area contributed by atoms with Gasteiger partial charge < -0.3 is 10.1 Å². The number of carbonyl (C=O) groups excluding carboxylic acids is 1. The van der Waals surface area contributed by atoms with Crippen LogP contribution in [0.3, 0.4) is 0 Å². The minimum Gasteiger partial charge on any atom is -0.491 e. The zero-order chi connectivity index (χ0) is 17.5. The van der Waals surface area contributed by atoms with Crippen molar-refractivity contribution in [3.63, 3.8) is 0 Å². The van der Waals surface area contributed by atoms with E-state index in [2.05, 4.69) is 31.2 Å². The van der Waals surface area contributed by atoms with Gasteiger partial charge in [0.1, 0.15) is 11.6 Å². The summed E-state index contributed by atoms with van der Waals surface area (Å²) in [5, 5.41) is 7.50. The van der Waals surface area contributed by atoms with E-state index in [1.165, 1.54) is 0 Å². The molecule has 5 heteroatoms. The second-order valence-corrected chi connectivity index (χ2v) is 7.57. The van der Waals surface area contributed by atoms with Crippen molar-refractivity contribution in [2.24, 2.45) is 0 Å². The molecule has 0 saturated heterocycles. The number of aromatic nitrogens is 2. The molecule has 0 bridgehead atoms. The Hall–Kier alpha value is -2.30. The Balaban J connectivity index is 1.96. The molecular weight excluding hydrogens is 302 g/mol. The number of ether oxygens (including phenoxy) is 1. The summed E-state index contributed by atoms with van der Waals surface area (Å²) in [6.45, 7) is 10.2. The quantitative estimate of drug-likeness (QED) is 0.930. The Morgan fingerprint density at radius 3 is 2.50 bits per heavy atom. The zero-order valence-electron chi connectivity index (χ0n) is 15.0. The van der Waals surface area contributed by atoms with Crippen molar-refractivity contribution in [1.82, 2.24) is 9.78 Å². The van der Waals surface area contributed by atoms with E-state index in [-0.39, 0.29) is 23.5 Å². The van der Waals surface area contributed by atoms with Crippen molar-refractivity contribution in [1.29, 1.82) is 0 Å². The summed E-state index contributed by atoms with van der Waals surface area (Å²) < 4.78 is 7.59. The van der Waals surface area contributed by atoms with E-state index < -0.39 is 0 Å². The molecule has 0 radical (unpaired) electrons. The van der Waals surface area contributed by atoms with Gasteiger partial charge >= 0.3 is 0 Å². The van der Waals surface area contributed by atoms with Gasteiger partial charge in [-0.15, -0.1) is 0 Å². The maximum absolute atomic E-state index is 12.2. The maximum atomic E-state index is 12.2. The third-order valence-electron chi connectivity index (χ3n) is 4.11. The second kappa shape index (κ2) is 5.96. The molecule has 1 aromatic carbocycles. The fourth-order valence-electron chi connectivity index (χ4n) is 3.08. The van der Waals surface area contributed by atoms with E-state index in [0.717, 1.165) is 22.7 Å². The number of hydrogen-bond acceptors (Lipinski definition) is 3. The van der Waals surface area contributed by atoms with Crippen LogP contribution >= 0.6 is 0 Å². The average Bonchev–Trinajstić information content (AvgIpc) is 2.90. The Bertz CT molecular complexity index is 739. The molecule has 1 N–H and O–H groups in total. The van der Waals surface area contributed by atoms with E-state index in [9.17, 15) is 4.79 Å². The third kappa shape index (κ3) is 3.16. The van der Waals surface area contributed by atoms with Gasteiger partial charge in [0, 0.05) is 17.9 Å². The molecule has 3 rings (SSSR count). The van der Waals surface area contributed by atoms with Crippen LogP contribution in [0.1, 0.15) is 58.1 Å². The van der Waals surface area contributed by atoms with Crippen LogP contribution in [-0.2, 0) is 10.3 Å². The predicted molar refractivity (Wildman–Crippen MR) is 94.5 cm³/mol. The number of nitrogens with one attached hydrogen (secondary N) is 1. The number of nitrogens with zero attached hydrogens (tertiary/aromatic N) is 2. The summed E-state index contributed by atoms with van der Waals surface area (Å²) >= 11 is 0. The first-order chi connectivity index (χ1) is 11.3. The lowest BCUT2D eigenvalue weighted by Crippen LogP contribution is -2.30. The molecule has 2 heterocycles. The number of hydrogen-bond donors (Lipinski definition) is 1. The van der Waals surface area contributed by atoms with E-state index in [4.69, 9.17) is 4.74 Å². The minimum absolute atomic E-state index is 0.0259. The SMILES string of the molecule is CC(C)Oc1ccc([C@H]2CC(=O)Nc3c2cnn3C(C)(C)C)cc1. The van der Waals surface area contributed by atoms with Gasteiger partial charge in [0.2, 0.25) is 5.91 Å². The molecule has 24 heavy (non-hydrogen) atoms. The molecular formula is C19H25N3O2. The molecule has 1 aromatic heterocycles. The van der Waals surface area contributed by atoms with E-state index in [1.807, 2.05) is 49.0 Å². The molecule has 128 valence electrons. The van der Waals surface area contributed by atoms with Crippen molar-refractivity contribution in [2.45, 2.75) is 58.6 Å². The molecule has 0 unspecified atom stereocenters. The van der Waals surface area contributed by atoms with Gasteiger partial charge in [-0.05, 0) is 52.3 Å². The van der Waals surface area contributed by atoms with Crippen molar-refractivity contribution in [3.05, 3.63) is 41.6 Å². The van der Waals surface area contributed by atoms with Crippen LogP contribution in [0.15, 0.2) is 30.5 Å². The van der Waals surface area contributed by atoms with Crippen molar-refractivity contribution in [2.75, 3.05) is 5.32 Å². The van der Waals surface area contributed by atoms with Crippen LogP contribution < -0.4 is 10.1 Å². The maximum Gasteiger partial charge on any atom is 0.226 e. The second-order valence-electron chi connectivity index (χ2n) is 7.57. The van der Waals surface area contributed by atoms with Crippen molar-refractivity contribution < 1.29 is 9.53 Å². The van der Waals surface area contributed by atoms with Gasteiger partial charge in [0.15, 0.2) is 0 Å². The molecule has 1 aliphatic heterocycles. The monoisotopic (exact) mass is 327 g/mol. The Labute approximate surface area is 143 Å². The molecule has 1 atom stereocenters. The number of fused-ring (bicyclic) bond motifs is 1. The first kappa shape index (κ1) is 16.6. The predicted octanol–water partition coefficient (Wildman–Crippen LogP) is 3.90. The van der Waals surface area contributed by atoms with Gasteiger partial charge in [-0.25, -0.2) is 4.68 Å². The molecule has 0 saturated carbocycles. The minimum atomic E-state index is -0.183. The summed E-state index contributed by atoms with van der Waals surface area (Å²) in [6.07, 6.45) is 2.46. The van der Waals surface area contributed by atoms with Crippen LogP contribution in [0.4, 0.5) is 5.82 Å². The molecule has 1 aliphatic rings. The average molecular weight is 327 g/mol. The summed E-state index contributed by atoms with van der Waals surface area (Å²) in [6, 6.07) is 8.02. The molecule has 0 fully saturated rings. The number of carbonyl (C=O) groups is 1. The van der Waals surface area contributed by atoms with Crippen LogP contribution in [-0.4, -0.2) is 21.8 Å². The van der Waals surface area contributed by atoms with Crippen LogP contribution in [0.5, 0.6) is 5.75 Å². The normalized spacial score (nSPS) is 17.6. The number of rotatable bonds is 3. The van der Waals surface area contributed by atoms with E-state index >= 15 is 0 Å². The van der Waals surface area contributed by atoms with E-state index in [0.29, 0.717) is 6.42 Å². The van der Waals surface area contributed by atoms with Gasteiger partial charge in [0.05, 0.1) is 17.8 Å². The van der Waals surface area contributed by atoms with Gasteiger partial charge in [0.25, 0.3) is 0 Å². The Morgan fingerprint density at radius 2 is 1.92 bits per heavy atom. The number of anilines is 1. The highest BCUT2D eigenvalue weighted by atomic mass is 16.5. The highest BCUT2D eigenvalue weighted by Gasteiger charge is 2.32. The largest absolute Gasteiger partial charge is 0.491 e. The highest BCUT2D eigenvalue weighted by molar-refractivity contribution is 5.94. The fraction of sp³-hybridized carbons (Fsp3) is 0.474. The lowest BCUT2D eigenvalue weighted by molar-refractivity contribution is -0.116. The first-order valence-electron chi connectivity index (χ1n) is 8.40. The Morgan fingerprint density at radius 1 is 1.25 bits per heavy atom. The summed E-state index contributed by atoms with van der Waals surface area (Å²) in [5.41, 5.74) is 2.00. The lowest BCUT2D eigenvalue weighted by Gasteiger charge is -2.28. The van der Waals surface area contributed by atoms with E-state index in [1.54, 1.807) is 0 Å². The lowest BCUT2D eigenvalue weighted by atomic mass is 9.87. The van der Waals surface area contributed by atoms with Crippen molar-refractivity contribution >= 4 is 11.7 Å². The topological polar surface area (TPSA) is 56.1 Å². The summed E-state index contributed by atoms with van der Waals surface area (Å²) in [7, 11) is 0. The zero-order valence-corrected chi connectivity index (χ0v) is 15.0. The van der Waals surface area contributed by atoms with Gasteiger partial charge in [-0.3, -0.25) is 4.79 Å². The van der Waals surface area contributed by atoms with Crippen molar-refractivity contribution in [3.8, 4) is 5.75 Å². The van der Waals surface area contributed by atoms with Crippen LogP contribution in [0.2, 0.25) is 0 Å². The number of benzene rings is 1.